The second-order valence-electron chi connectivity index (χ2n) is 4.64. The van der Waals surface area contributed by atoms with Gasteiger partial charge in [0, 0.05) is 31.3 Å². The van der Waals surface area contributed by atoms with E-state index < -0.39 is 11.8 Å². The Bertz CT molecular complexity index is 706. The molecule has 22 heavy (non-hydrogen) atoms. The van der Waals surface area contributed by atoms with Crippen LogP contribution in [0, 0.1) is 11.3 Å². The monoisotopic (exact) mass is 319 g/mol. The summed E-state index contributed by atoms with van der Waals surface area (Å²) in [7, 11) is 3.09. The number of benzene rings is 1. The molecule has 0 aromatic heterocycles. The Morgan fingerprint density at radius 3 is 2.86 bits per heavy atom. The number of ether oxygens (including phenoxy) is 1. The molecule has 0 unspecified atom stereocenters. The zero-order valence-electron chi connectivity index (χ0n) is 12.1. The van der Waals surface area contributed by atoms with Crippen LogP contribution in [-0.4, -0.2) is 39.1 Å². The molecule has 0 saturated carbocycles. The van der Waals surface area contributed by atoms with Crippen LogP contribution in [0.1, 0.15) is 5.56 Å². The van der Waals surface area contributed by atoms with Gasteiger partial charge in [-0.3, -0.25) is 9.59 Å². The molecule has 6 nitrogen and oxygen atoms in total. The van der Waals surface area contributed by atoms with Gasteiger partial charge in [-0.15, -0.1) is 0 Å². The summed E-state index contributed by atoms with van der Waals surface area (Å²) in [6.07, 6.45) is 0. The van der Waals surface area contributed by atoms with Gasteiger partial charge in [-0.2, -0.15) is 5.26 Å². The van der Waals surface area contributed by atoms with Gasteiger partial charge >= 0.3 is 0 Å². The van der Waals surface area contributed by atoms with Gasteiger partial charge in [0.25, 0.3) is 11.8 Å². The molecule has 1 heterocycles. The highest BCUT2D eigenvalue weighted by molar-refractivity contribution is 6.38. The van der Waals surface area contributed by atoms with E-state index in [1.807, 2.05) is 6.07 Å². The summed E-state index contributed by atoms with van der Waals surface area (Å²) in [5, 5.41) is 12.3. The number of carbonyl (C=O) groups is 2. The highest BCUT2D eigenvalue weighted by atomic mass is 35.5. The Labute approximate surface area is 132 Å². The number of fused-ring (bicyclic) bond motifs is 1. The number of methoxy groups -OCH3 is 1. The van der Waals surface area contributed by atoms with Gasteiger partial charge in [0.2, 0.25) is 0 Å². The summed E-state index contributed by atoms with van der Waals surface area (Å²) in [5.41, 5.74) is 0.937. The number of nitrogens with zero attached hydrogens (tertiary/aromatic N) is 2. The van der Waals surface area contributed by atoms with Gasteiger partial charge in [-0.05, 0) is 18.2 Å². The van der Waals surface area contributed by atoms with E-state index in [-0.39, 0.29) is 17.7 Å². The Hall–Kier alpha value is -2.36. The maximum atomic E-state index is 12.4. The van der Waals surface area contributed by atoms with Crippen LogP contribution < -0.4 is 10.2 Å². The summed E-state index contributed by atoms with van der Waals surface area (Å²) >= 11 is 5.96. The lowest BCUT2D eigenvalue weighted by molar-refractivity contribution is -0.118. The van der Waals surface area contributed by atoms with Crippen LogP contribution in [0.15, 0.2) is 23.8 Å². The minimum absolute atomic E-state index is 0.0671. The van der Waals surface area contributed by atoms with Crippen molar-refractivity contribution in [3.8, 4) is 6.07 Å². The van der Waals surface area contributed by atoms with Crippen molar-refractivity contribution in [1.82, 2.24) is 5.32 Å². The fraction of sp³-hybridized carbons (Fsp3) is 0.267. The van der Waals surface area contributed by atoms with Crippen molar-refractivity contribution >= 4 is 34.7 Å². The number of hydrogen-bond acceptors (Lipinski definition) is 4. The SMILES string of the molecule is COCCNC(=O)/C(C#N)=C1\C(=O)N(C)c2ccc(Cl)cc21. The molecule has 114 valence electrons. The van der Waals surface area contributed by atoms with Crippen LogP contribution in [0.2, 0.25) is 5.02 Å². The maximum absolute atomic E-state index is 12.4. The number of amides is 2. The number of halogens is 1. The minimum Gasteiger partial charge on any atom is -0.383 e. The molecule has 7 heteroatoms. The molecular weight excluding hydrogens is 306 g/mol. The van der Waals surface area contributed by atoms with Crippen molar-refractivity contribution in [1.29, 1.82) is 5.26 Å². The molecule has 0 radical (unpaired) electrons. The lowest BCUT2D eigenvalue weighted by atomic mass is 10.0. The number of carbonyl (C=O) groups excluding carboxylic acids is 2. The van der Waals surface area contributed by atoms with Gasteiger partial charge in [0.15, 0.2) is 0 Å². The van der Waals surface area contributed by atoms with Crippen molar-refractivity contribution in [3.05, 3.63) is 34.4 Å². The molecule has 2 amide bonds. The van der Waals surface area contributed by atoms with Crippen molar-refractivity contribution in [2.75, 3.05) is 32.2 Å². The number of hydrogen-bond donors (Lipinski definition) is 1. The van der Waals surface area contributed by atoms with Gasteiger partial charge < -0.3 is 15.0 Å². The van der Waals surface area contributed by atoms with Crippen LogP contribution in [0.4, 0.5) is 5.69 Å². The highest BCUT2D eigenvalue weighted by Gasteiger charge is 2.34. The molecule has 0 fully saturated rings. The minimum atomic E-state index is -0.607. The van der Waals surface area contributed by atoms with E-state index in [2.05, 4.69) is 5.32 Å². The van der Waals surface area contributed by atoms with Crippen LogP contribution in [0.3, 0.4) is 0 Å². The lowest BCUT2D eigenvalue weighted by Crippen LogP contribution is -2.30. The van der Waals surface area contributed by atoms with Crippen molar-refractivity contribution in [2.24, 2.45) is 0 Å². The first-order valence-corrected chi connectivity index (χ1v) is 6.88. The third-order valence-electron chi connectivity index (χ3n) is 3.29. The van der Waals surface area contributed by atoms with Crippen molar-refractivity contribution in [2.45, 2.75) is 0 Å². The fourth-order valence-corrected chi connectivity index (χ4v) is 2.38. The Balaban J connectivity index is 2.48. The van der Waals surface area contributed by atoms with E-state index in [4.69, 9.17) is 16.3 Å². The number of anilines is 1. The molecule has 1 aromatic carbocycles. The molecule has 1 N–H and O–H groups in total. The lowest BCUT2D eigenvalue weighted by Gasteiger charge is -2.08. The zero-order chi connectivity index (χ0) is 16.3. The smallest absolute Gasteiger partial charge is 0.262 e. The van der Waals surface area contributed by atoms with E-state index in [1.165, 1.54) is 12.0 Å². The Kier molecular flexibility index (Phi) is 4.81. The van der Waals surface area contributed by atoms with Gasteiger partial charge in [0.05, 0.1) is 17.9 Å². The third kappa shape index (κ3) is 2.82. The predicted molar refractivity (Wildman–Crippen MR) is 82.3 cm³/mol. The normalized spacial score (nSPS) is 15.4. The fourth-order valence-electron chi connectivity index (χ4n) is 2.21. The number of nitriles is 1. The van der Waals surface area contributed by atoms with Gasteiger partial charge in [0.1, 0.15) is 11.6 Å². The first kappa shape index (κ1) is 16.0. The summed E-state index contributed by atoms with van der Waals surface area (Å²) in [5.74, 6) is -1.01. The second-order valence-corrected chi connectivity index (χ2v) is 5.07. The average molecular weight is 320 g/mol. The van der Waals surface area contributed by atoms with Crippen molar-refractivity contribution in [3.63, 3.8) is 0 Å². The molecule has 2 rings (SSSR count). The first-order chi connectivity index (χ1) is 10.5. The van der Waals surface area contributed by atoms with Crippen molar-refractivity contribution < 1.29 is 14.3 Å². The van der Waals surface area contributed by atoms with E-state index in [1.54, 1.807) is 25.2 Å². The molecule has 1 aliphatic heterocycles. The molecule has 0 atom stereocenters. The number of nitrogens with one attached hydrogen (secondary N) is 1. The number of likely N-dealkylation sites (N-methyl/N-ethyl adjacent to an activating group) is 1. The molecular formula is C15H14ClN3O3. The Morgan fingerprint density at radius 2 is 2.23 bits per heavy atom. The molecule has 0 spiro atoms. The van der Waals surface area contributed by atoms with Gasteiger partial charge in [-0.25, -0.2) is 0 Å². The largest absolute Gasteiger partial charge is 0.383 e. The molecule has 1 aliphatic rings. The molecule has 1 aromatic rings. The predicted octanol–water partition coefficient (Wildman–Crippen LogP) is 1.36. The quantitative estimate of drug-likeness (QED) is 0.516. The van der Waals surface area contributed by atoms with Gasteiger partial charge in [-0.1, -0.05) is 11.6 Å². The van der Waals surface area contributed by atoms with Crippen LogP contribution in [0.5, 0.6) is 0 Å². The summed E-state index contributed by atoms with van der Waals surface area (Å²) in [6.45, 7) is 0.566. The first-order valence-electron chi connectivity index (χ1n) is 6.50. The Morgan fingerprint density at radius 1 is 1.50 bits per heavy atom. The topological polar surface area (TPSA) is 82.4 Å². The third-order valence-corrected chi connectivity index (χ3v) is 3.52. The standard InChI is InChI=1S/C15H14ClN3O3/c1-19-12-4-3-9(16)7-10(12)13(15(19)21)11(8-17)14(20)18-5-6-22-2/h3-4,7H,5-6H2,1-2H3,(H,18,20)/b13-11-. The van der Waals surface area contributed by atoms with E-state index in [0.29, 0.717) is 22.9 Å². The second kappa shape index (κ2) is 6.60. The molecule has 0 bridgehead atoms. The van der Waals surface area contributed by atoms with Crippen LogP contribution in [-0.2, 0) is 14.3 Å². The average Bonchev–Trinajstić information content (AvgIpc) is 2.73. The molecule has 0 aliphatic carbocycles. The highest BCUT2D eigenvalue weighted by Crippen LogP contribution is 2.38. The van der Waals surface area contributed by atoms with Crippen LogP contribution in [0.25, 0.3) is 5.57 Å². The van der Waals surface area contributed by atoms with E-state index in [0.717, 1.165) is 0 Å². The summed E-state index contributed by atoms with van der Waals surface area (Å²) in [6, 6.07) is 6.73. The zero-order valence-corrected chi connectivity index (χ0v) is 12.9. The van der Waals surface area contributed by atoms with E-state index in [9.17, 15) is 14.9 Å². The number of rotatable bonds is 4. The summed E-state index contributed by atoms with van der Waals surface area (Å²) < 4.78 is 4.83. The molecule has 0 saturated heterocycles. The maximum Gasteiger partial charge on any atom is 0.262 e. The summed E-state index contributed by atoms with van der Waals surface area (Å²) in [4.78, 5) is 25.9. The van der Waals surface area contributed by atoms with Crippen LogP contribution >= 0.6 is 11.6 Å². The van der Waals surface area contributed by atoms with E-state index >= 15 is 0 Å².